The van der Waals surface area contributed by atoms with Crippen LogP contribution in [-0.4, -0.2) is 66.7 Å². The quantitative estimate of drug-likeness (QED) is 0.591. The molecular formula is C23H27N5O4S. The molecule has 2 aromatic carbocycles. The number of rotatable bonds is 6. The van der Waals surface area contributed by atoms with E-state index in [0.29, 0.717) is 49.1 Å². The lowest BCUT2D eigenvalue weighted by Crippen LogP contribution is -2.49. The molecule has 0 spiro atoms. The van der Waals surface area contributed by atoms with Crippen molar-refractivity contribution >= 4 is 21.6 Å². The molecule has 4 rings (SSSR count). The molecule has 1 aliphatic rings. The molecule has 1 fully saturated rings. The van der Waals surface area contributed by atoms with Gasteiger partial charge in [0.25, 0.3) is 5.91 Å². The predicted molar refractivity (Wildman–Crippen MR) is 125 cm³/mol. The Morgan fingerprint density at radius 3 is 2.27 bits per heavy atom. The van der Waals surface area contributed by atoms with Crippen molar-refractivity contribution in [1.82, 2.24) is 19.9 Å². The summed E-state index contributed by atoms with van der Waals surface area (Å²) < 4.78 is 30.6. The van der Waals surface area contributed by atoms with Gasteiger partial charge in [-0.15, -0.1) is 0 Å². The molecule has 1 unspecified atom stereocenters. The molecule has 1 saturated heterocycles. The van der Waals surface area contributed by atoms with Gasteiger partial charge < -0.3 is 9.42 Å². The number of aryl methyl sites for hydroxylation is 1. The SMILES string of the molecule is Cc1ccc(-c2noc(C(C)N3CCN(C(=O)c4ccc(NS(C)(=O)=O)cc4)CC3)n2)cc1. The molecule has 1 amide bonds. The van der Waals surface area contributed by atoms with E-state index in [1.807, 2.05) is 38.1 Å². The highest BCUT2D eigenvalue weighted by molar-refractivity contribution is 7.92. The van der Waals surface area contributed by atoms with Gasteiger partial charge in [0.15, 0.2) is 0 Å². The molecule has 2 heterocycles. The molecule has 0 bridgehead atoms. The number of aromatic nitrogens is 2. The van der Waals surface area contributed by atoms with E-state index in [1.165, 1.54) is 5.56 Å². The summed E-state index contributed by atoms with van der Waals surface area (Å²) in [7, 11) is -3.35. The summed E-state index contributed by atoms with van der Waals surface area (Å²) in [5.74, 6) is 1.05. The van der Waals surface area contributed by atoms with Crippen molar-refractivity contribution in [3.05, 3.63) is 65.5 Å². The zero-order valence-corrected chi connectivity index (χ0v) is 19.7. The van der Waals surface area contributed by atoms with E-state index in [-0.39, 0.29) is 11.9 Å². The van der Waals surface area contributed by atoms with Gasteiger partial charge in [0, 0.05) is 43.0 Å². The van der Waals surface area contributed by atoms with Gasteiger partial charge in [-0.3, -0.25) is 14.4 Å². The van der Waals surface area contributed by atoms with E-state index in [0.717, 1.165) is 11.8 Å². The number of carbonyl (C=O) groups excluding carboxylic acids is 1. The van der Waals surface area contributed by atoms with Crippen LogP contribution in [0.1, 0.15) is 34.8 Å². The molecule has 1 atom stereocenters. The molecule has 174 valence electrons. The molecule has 9 nitrogen and oxygen atoms in total. The standard InChI is InChI=1S/C23H27N5O4S/c1-16-4-6-18(7-5-16)21-24-22(32-25-21)17(2)27-12-14-28(15-13-27)23(29)19-8-10-20(11-9-19)26-33(3,30)31/h4-11,17,26H,12-15H2,1-3H3. The first-order valence-electron chi connectivity index (χ1n) is 10.7. The lowest BCUT2D eigenvalue weighted by Gasteiger charge is -2.36. The highest BCUT2D eigenvalue weighted by atomic mass is 32.2. The van der Waals surface area contributed by atoms with Crippen molar-refractivity contribution in [2.75, 3.05) is 37.2 Å². The van der Waals surface area contributed by atoms with Gasteiger partial charge in [-0.05, 0) is 38.1 Å². The Kier molecular flexibility index (Phi) is 6.48. The van der Waals surface area contributed by atoms with Crippen molar-refractivity contribution in [2.24, 2.45) is 0 Å². The smallest absolute Gasteiger partial charge is 0.253 e. The van der Waals surface area contributed by atoms with Crippen LogP contribution in [0.25, 0.3) is 11.4 Å². The van der Waals surface area contributed by atoms with Crippen molar-refractivity contribution in [3.63, 3.8) is 0 Å². The molecule has 3 aromatic rings. The van der Waals surface area contributed by atoms with Gasteiger partial charge in [-0.1, -0.05) is 35.0 Å². The molecule has 0 saturated carbocycles. The summed E-state index contributed by atoms with van der Waals surface area (Å²) in [6.45, 7) is 6.57. The fraction of sp³-hybridized carbons (Fsp3) is 0.348. The lowest BCUT2D eigenvalue weighted by molar-refractivity contribution is 0.0551. The van der Waals surface area contributed by atoms with Gasteiger partial charge in [0.1, 0.15) is 0 Å². The number of piperazine rings is 1. The van der Waals surface area contributed by atoms with Gasteiger partial charge in [-0.25, -0.2) is 8.42 Å². The predicted octanol–water partition coefficient (Wildman–Crippen LogP) is 2.94. The highest BCUT2D eigenvalue weighted by Crippen LogP contribution is 2.24. The van der Waals surface area contributed by atoms with Crippen LogP contribution in [0.5, 0.6) is 0 Å². The van der Waals surface area contributed by atoms with Crippen molar-refractivity contribution in [1.29, 1.82) is 0 Å². The highest BCUT2D eigenvalue weighted by Gasteiger charge is 2.28. The molecular weight excluding hydrogens is 442 g/mol. The van der Waals surface area contributed by atoms with Crippen LogP contribution in [-0.2, 0) is 10.0 Å². The van der Waals surface area contributed by atoms with E-state index in [2.05, 4.69) is 19.8 Å². The zero-order chi connectivity index (χ0) is 23.6. The van der Waals surface area contributed by atoms with E-state index < -0.39 is 10.0 Å². The van der Waals surface area contributed by atoms with Crippen LogP contribution in [0, 0.1) is 6.92 Å². The maximum absolute atomic E-state index is 12.9. The summed E-state index contributed by atoms with van der Waals surface area (Å²) in [4.78, 5) is 21.4. The first kappa shape index (κ1) is 22.9. The molecule has 1 aliphatic heterocycles. The summed E-state index contributed by atoms with van der Waals surface area (Å²) in [6, 6.07) is 14.4. The van der Waals surface area contributed by atoms with Crippen LogP contribution >= 0.6 is 0 Å². The number of benzene rings is 2. The molecule has 33 heavy (non-hydrogen) atoms. The monoisotopic (exact) mass is 469 g/mol. The Balaban J connectivity index is 1.34. The second-order valence-electron chi connectivity index (χ2n) is 8.28. The van der Waals surface area contributed by atoms with Crippen molar-refractivity contribution in [2.45, 2.75) is 19.9 Å². The maximum atomic E-state index is 12.9. The molecule has 10 heteroatoms. The molecule has 1 N–H and O–H groups in total. The third kappa shape index (κ3) is 5.58. The van der Waals surface area contributed by atoms with Crippen molar-refractivity contribution < 1.29 is 17.7 Å². The Labute approximate surface area is 193 Å². The summed E-state index contributed by atoms with van der Waals surface area (Å²) >= 11 is 0. The first-order chi connectivity index (χ1) is 15.7. The van der Waals surface area contributed by atoms with E-state index in [1.54, 1.807) is 29.2 Å². The van der Waals surface area contributed by atoms with Gasteiger partial charge in [-0.2, -0.15) is 4.98 Å². The minimum atomic E-state index is -3.35. The van der Waals surface area contributed by atoms with Crippen LogP contribution in [0.2, 0.25) is 0 Å². The number of nitrogens with one attached hydrogen (secondary N) is 1. The number of hydrogen-bond donors (Lipinski definition) is 1. The van der Waals surface area contributed by atoms with Gasteiger partial charge >= 0.3 is 0 Å². The number of carbonyl (C=O) groups is 1. The fourth-order valence-electron chi connectivity index (χ4n) is 3.77. The average molecular weight is 470 g/mol. The van der Waals surface area contributed by atoms with E-state index in [4.69, 9.17) is 4.52 Å². The van der Waals surface area contributed by atoms with Gasteiger partial charge in [0.05, 0.1) is 12.3 Å². The molecule has 0 radical (unpaired) electrons. The van der Waals surface area contributed by atoms with Crippen LogP contribution in [0.3, 0.4) is 0 Å². The third-order valence-corrected chi connectivity index (χ3v) is 6.30. The topological polar surface area (TPSA) is 109 Å². The average Bonchev–Trinajstić information content (AvgIpc) is 3.28. The van der Waals surface area contributed by atoms with Crippen LogP contribution in [0.4, 0.5) is 5.69 Å². The first-order valence-corrected chi connectivity index (χ1v) is 12.6. The second-order valence-corrected chi connectivity index (χ2v) is 10.0. The van der Waals surface area contributed by atoms with Gasteiger partial charge in [0.2, 0.25) is 21.7 Å². The summed E-state index contributed by atoms with van der Waals surface area (Å²) in [5.41, 5.74) is 3.04. The maximum Gasteiger partial charge on any atom is 0.253 e. The Bertz CT molecular complexity index is 1210. The summed E-state index contributed by atoms with van der Waals surface area (Å²) in [6.07, 6.45) is 1.09. The molecule has 0 aliphatic carbocycles. The lowest BCUT2D eigenvalue weighted by atomic mass is 10.1. The second kappa shape index (κ2) is 9.32. The van der Waals surface area contributed by atoms with Crippen molar-refractivity contribution in [3.8, 4) is 11.4 Å². The number of nitrogens with zero attached hydrogens (tertiary/aromatic N) is 4. The fourth-order valence-corrected chi connectivity index (χ4v) is 4.34. The Hall–Kier alpha value is -3.24. The third-order valence-electron chi connectivity index (χ3n) is 5.69. The number of anilines is 1. The Morgan fingerprint density at radius 1 is 1.03 bits per heavy atom. The van der Waals surface area contributed by atoms with E-state index >= 15 is 0 Å². The van der Waals surface area contributed by atoms with E-state index in [9.17, 15) is 13.2 Å². The number of sulfonamides is 1. The van der Waals surface area contributed by atoms with Crippen LogP contribution < -0.4 is 4.72 Å². The summed E-state index contributed by atoms with van der Waals surface area (Å²) in [5, 5.41) is 4.12. The molecule has 1 aromatic heterocycles. The minimum Gasteiger partial charge on any atom is -0.337 e. The normalized spacial score (nSPS) is 15.9. The zero-order valence-electron chi connectivity index (χ0n) is 18.9. The number of hydrogen-bond acceptors (Lipinski definition) is 7. The largest absolute Gasteiger partial charge is 0.337 e. The Morgan fingerprint density at radius 2 is 1.67 bits per heavy atom. The number of amides is 1. The minimum absolute atomic E-state index is 0.0599. The van der Waals surface area contributed by atoms with Crippen LogP contribution in [0.15, 0.2) is 53.1 Å².